The first-order chi connectivity index (χ1) is 10.5. The number of carboxylic acids is 1. The molecule has 0 aliphatic heterocycles. The molecule has 2 aromatic rings. The summed E-state index contributed by atoms with van der Waals surface area (Å²) in [5.41, 5.74) is 0.591. The molecule has 2 N–H and O–H groups in total. The van der Waals surface area contributed by atoms with E-state index in [1.54, 1.807) is 18.2 Å². The first-order valence-corrected chi connectivity index (χ1v) is 6.32. The van der Waals surface area contributed by atoms with Gasteiger partial charge in [0, 0.05) is 7.05 Å². The van der Waals surface area contributed by atoms with Crippen molar-refractivity contribution in [2.45, 2.75) is 6.54 Å². The predicted octanol–water partition coefficient (Wildman–Crippen LogP) is 1.03. The van der Waals surface area contributed by atoms with E-state index in [-0.39, 0.29) is 29.7 Å². The summed E-state index contributed by atoms with van der Waals surface area (Å²) in [7, 11) is 1.46. The van der Waals surface area contributed by atoms with E-state index in [1.165, 1.54) is 29.9 Å². The zero-order chi connectivity index (χ0) is 16.1. The number of nitrogens with zero attached hydrogens (tertiary/aromatic N) is 3. The number of hydrogen-bond acceptors (Lipinski definition) is 4. The number of carbonyl (C=O) groups excluding carboxylic acids is 1. The van der Waals surface area contributed by atoms with Crippen molar-refractivity contribution in [1.82, 2.24) is 20.3 Å². The van der Waals surface area contributed by atoms with Crippen molar-refractivity contribution in [2.75, 3.05) is 7.05 Å². The van der Waals surface area contributed by atoms with Gasteiger partial charge in [0.25, 0.3) is 0 Å². The molecule has 0 bridgehead atoms. The van der Waals surface area contributed by atoms with E-state index in [0.29, 0.717) is 5.56 Å². The molecule has 0 spiro atoms. The number of aromatic carboxylic acids is 1. The monoisotopic (exact) mass is 304 g/mol. The van der Waals surface area contributed by atoms with E-state index >= 15 is 0 Å². The molecule has 1 aromatic carbocycles. The van der Waals surface area contributed by atoms with E-state index in [1.807, 2.05) is 0 Å². The third kappa shape index (κ3) is 3.54. The average Bonchev–Trinajstić information content (AvgIpc) is 2.89. The summed E-state index contributed by atoms with van der Waals surface area (Å²) >= 11 is 0. The Bertz CT molecular complexity index is 722. The topological polar surface area (TPSA) is 97.1 Å². The molecule has 2 rings (SSSR count). The van der Waals surface area contributed by atoms with Gasteiger partial charge in [0.05, 0.1) is 5.69 Å². The number of carboxylic acid groups (broad SMARTS) is 1. The number of rotatable bonds is 5. The average molecular weight is 304 g/mol. The molecule has 0 fully saturated rings. The van der Waals surface area contributed by atoms with Crippen molar-refractivity contribution in [1.29, 1.82) is 0 Å². The summed E-state index contributed by atoms with van der Waals surface area (Å²) in [6.45, 7) is -0.153. The third-order valence-electron chi connectivity index (χ3n) is 2.85. The SMILES string of the molecule is CNC(=O)Cn1nnc(C(=O)O)c1/C=C/c1ccc(F)cc1. The second kappa shape index (κ2) is 6.61. The maximum absolute atomic E-state index is 12.8. The zero-order valence-electron chi connectivity index (χ0n) is 11.7. The normalized spacial score (nSPS) is 10.8. The highest BCUT2D eigenvalue weighted by atomic mass is 19.1. The smallest absolute Gasteiger partial charge is 0.358 e. The van der Waals surface area contributed by atoms with Crippen molar-refractivity contribution < 1.29 is 19.1 Å². The van der Waals surface area contributed by atoms with Gasteiger partial charge in [0.15, 0.2) is 5.69 Å². The predicted molar refractivity (Wildman–Crippen MR) is 76.4 cm³/mol. The minimum Gasteiger partial charge on any atom is -0.476 e. The Kier molecular flexibility index (Phi) is 4.62. The van der Waals surface area contributed by atoms with Gasteiger partial charge in [-0.25, -0.2) is 13.9 Å². The molecular weight excluding hydrogens is 291 g/mol. The Morgan fingerprint density at radius 2 is 2.00 bits per heavy atom. The van der Waals surface area contributed by atoms with Gasteiger partial charge in [-0.15, -0.1) is 5.10 Å². The van der Waals surface area contributed by atoms with Gasteiger partial charge < -0.3 is 10.4 Å². The molecule has 22 heavy (non-hydrogen) atoms. The maximum atomic E-state index is 12.8. The lowest BCUT2D eigenvalue weighted by Crippen LogP contribution is -2.24. The van der Waals surface area contributed by atoms with Gasteiger partial charge in [-0.2, -0.15) is 0 Å². The van der Waals surface area contributed by atoms with Crippen LogP contribution in [0.25, 0.3) is 12.2 Å². The van der Waals surface area contributed by atoms with Crippen LogP contribution < -0.4 is 5.32 Å². The minimum absolute atomic E-state index is 0.153. The van der Waals surface area contributed by atoms with Crippen LogP contribution in [-0.4, -0.2) is 39.0 Å². The van der Waals surface area contributed by atoms with Crippen LogP contribution in [0.15, 0.2) is 24.3 Å². The summed E-state index contributed by atoms with van der Waals surface area (Å²) < 4.78 is 14.0. The van der Waals surface area contributed by atoms with Gasteiger partial charge in [0.1, 0.15) is 12.4 Å². The number of amides is 1. The van der Waals surface area contributed by atoms with Crippen LogP contribution in [0, 0.1) is 5.82 Å². The van der Waals surface area contributed by atoms with E-state index < -0.39 is 5.97 Å². The number of benzene rings is 1. The Morgan fingerprint density at radius 1 is 1.32 bits per heavy atom. The molecule has 1 aromatic heterocycles. The first kappa shape index (κ1) is 15.4. The molecular formula is C14H13FN4O3. The van der Waals surface area contributed by atoms with E-state index in [9.17, 15) is 14.0 Å². The van der Waals surface area contributed by atoms with Crippen LogP contribution in [0.4, 0.5) is 4.39 Å². The molecule has 1 amide bonds. The summed E-state index contributed by atoms with van der Waals surface area (Å²) in [6.07, 6.45) is 3.06. The molecule has 0 aliphatic carbocycles. The molecule has 0 unspecified atom stereocenters. The molecule has 7 nitrogen and oxygen atoms in total. The highest BCUT2D eigenvalue weighted by molar-refractivity contribution is 5.90. The van der Waals surface area contributed by atoms with Crippen molar-refractivity contribution in [3.05, 3.63) is 47.0 Å². The number of halogens is 1. The van der Waals surface area contributed by atoms with Gasteiger partial charge in [-0.3, -0.25) is 4.79 Å². The number of aromatic nitrogens is 3. The second-order valence-corrected chi connectivity index (χ2v) is 4.34. The lowest BCUT2D eigenvalue weighted by molar-refractivity contribution is -0.121. The number of hydrogen-bond donors (Lipinski definition) is 2. The molecule has 0 radical (unpaired) electrons. The molecule has 0 saturated heterocycles. The molecule has 0 saturated carbocycles. The largest absolute Gasteiger partial charge is 0.476 e. The van der Waals surface area contributed by atoms with Crippen LogP contribution >= 0.6 is 0 Å². The second-order valence-electron chi connectivity index (χ2n) is 4.34. The van der Waals surface area contributed by atoms with Crippen molar-refractivity contribution in [3.63, 3.8) is 0 Å². The molecule has 0 atom stereocenters. The van der Waals surface area contributed by atoms with Gasteiger partial charge in [-0.05, 0) is 23.8 Å². The minimum atomic E-state index is -1.25. The summed E-state index contributed by atoms with van der Waals surface area (Å²) in [5, 5.41) is 18.7. The fourth-order valence-corrected chi connectivity index (χ4v) is 1.72. The quantitative estimate of drug-likeness (QED) is 0.860. The summed E-state index contributed by atoms with van der Waals surface area (Å²) in [4.78, 5) is 22.6. The molecule has 1 heterocycles. The van der Waals surface area contributed by atoms with Crippen LogP contribution in [0.5, 0.6) is 0 Å². The van der Waals surface area contributed by atoms with Crippen LogP contribution in [0.1, 0.15) is 21.7 Å². The van der Waals surface area contributed by atoms with Gasteiger partial charge >= 0.3 is 5.97 Å². The fraction of sp³-hybridized carbons (Fsp3) is 0.143. The van der Waals surface area contributed by atoms with Crippen LogP contribution in [0.3, 0.4) is 0 Å². The molecule has 8 heteroatoms. The Labute approximate surface area is 125 Å². The van der Waals surface area contributed by atoms with Crippen molar-refractivity contribution in [2.24, 2.45) is 0 Å². The molecule has 114 valence electrons. The number of nitrogens with one attached hydrogen (secondary N) is 1. The number of carbonyl (C=O) groups is 2. The van der Waals surface area contributed by atoms with E-state index in [2.05, 4.69) is 15.6 Å². The highest BCUT2D eigenvalue weighted by Crippen LogP contribution is 2.12. The zero-order valence-corrected chi connectivity index (χ0v) is 11.7. The fourth-order valence-electron chi connectivity index (χ4n) is 1.72. The Balaban J connectivity index is 2.34. The lowest BCUT2D eigenvalue weighted by atomic mass is 10.2. The van der Waals surface area contributed by atoms with Gasteiger partial charge in [-0.1, -0.05) is 23.4 Å². The summed E-state index contributed by atoms with van der Waals surface area (Å²) in [5.74, 6) is -1.95. The van der Waals surface area contributed by atoms with E-state index in [4.69, 9.17) is 5.11 Å². The van der Waals surface area contributed by atoms with Gasteiger partial charge in [0.2, 0.25) is 5.91 Å². The first-order valence-electron chi connectivity index (χ1n) is 6.32. The number of likely N-dealkylation sites (N-methyl/N-ethyl adjacent to an activating group) is 1. The lowest BCUT2D eigenvalue weighted by Gasteiger charge is -2.02. The highest BCUT2D eigenvalue weighted by Gasteiger charge is 2.18. The van der Waals surface area contributed by atoms with Crippen LogP contribution in [0.2, 0.25) is 0 Å². The Morgan fingerprint density at radius 3 is 2.59 bits per heavy atom. The third-order valence-corrected chi connectivity index (χ3v) is 2.85. The summed E-state index contributed by atoms with van der Waals surface area (Å²) in [6, 6.07) is 5.66. The molecule has 0 aliphatic rings. The standard InChI is InChI=1S/C14H13FN4O3/c1-16-12(20)8-19-11(13(14(21)22)17-18-19)7-4-9-2-5-10(15)6-3-9/h2-7H,8H2,1H3,(H,16,20)(H,21,22)/b7-4+. The van der Waals surface area contributed by atoms with Crippen LogP contribution in [-0.2, 0) is 11.3 Å². The van der Waals surface area contributed by atoms with Crippen molar-refractivity contribution in [3.8, 4) is 0 Å². The maximum Gasteiger partial charge on any atom is 0.358 e. The van der Waals surface area contributed by atoms with Crippen molar-refractivity contribution >= 4 is 24.0 Å². The Hall–Kier alpha value is -3.03. The van der Waals surface area contributed by atoms with E-state index in [0.717, 1.165) is 0 Å².